The first-order valence-corrected chi connectivity index (χ1v) is 7.10. The fraction of sp³-hybridized carbons (Fsp3) is 0.529. The van der Waals surface area contributed by atoms with Crippen LogP contribution in [-0.2, 0) is 0 Å². The third kappa shape index (κ3) is 4.55. The summed E-state index contributed by atoms with van der Waals surface area (Å²) in [6, 6.07) is 10.9. The number of unbranched alkanes of at least 4 members (excludes halogenated alkanes) is 2. The Morgan fingerprint density at radius 3 is 2.28 bits per heavy atom. The standard InChI is InChI=1S/C17H25N/c1-4-7-8-12-15-17(18(5-2)6-3)16-13-10-9-11-14-16/h9-11,13-14,17H,4-8H2,1-3H3. The van der Waals surface area contributed by atoms with E-state index in [4.69, 9.17) is 0 Å². The van der Waals surface area contributed by atoms with Crippen LogP contribution in [0.4, 0.5) is 0 Å². The van der Waals surface area contributed by atoms with Gasteiger partial charge in [0.25, 0.3) is 0 Å². The minimum absolute atomic E-state index is 0.248. The maximum Gasteiger partial charge on any atom is 0.0970 e. The molecule has 0 heterocycles. The van der Waals surface area contributed by atoms with Gasteiger partial charge in [-0.05, 0) is 25.1 Å². The summed E-state index contributed by atoms with van der Waals surface area (Å²) >= 11 is 0. The van der Waals surface area contributed by atoms with Crippen LogP contribution in [-0.4, -0.2) is 18.0 Å². The van der Waals surface area contributed by atoms with Crippen LogP contribution in [0.15, 0.2) is 30.3 Å². The van der Waals surface area contributed by atoms with E-state index in [0.717, 1.165) is 19.5 Å². The van der Waals surface area contributed by atoms with E-state index < -0.39 is 0 Å². The topological polar surface area (TPSA) is 3.24 Å². The van der Waals surface area contributed by atoms with Crippen molar-refractivity contribution in [3.05, 3.63) is 35.9 Å². The Morgan fingerprint density at radius 2 is 1.72 bits per heavy atom. The van der Waals surface area contributed by atoms with Crippen LogP contribution >= 0.6 is 0 Å². The quantitative estimate of drug-likeness (QED) is 0.533. The Labute approximate surface area is 112 Å². The molecular formula is C17H25N. The Morgan fingerprint density at radius 1 is 1.06 bits per heavy atom. The molecule has 0 fully saturated rings. The number of benzene rings is 1. The molecule has 98 valence electrons. The van der Waals surface area contributed by atoms with Gasteiger partial charge in [0.2, 0.25) is 0 Å². The van der Waals surface area contributed by atoms with E-state index in [0.29, 0.717) is 0 Å². The summed E-state index contributed by atoms with van der Waals surface area (Å²) in [7, 11) is 0. The second-order valence-corrected chi connectivity index (χ2v) is 4.46. The molecule has 0 aliphatic rings. The molecule has 0 aliphatic heterocycles. The van der Waals surface area contributed by atoms with E-state index in [-0.39, 0.29) is 6.04 Å². The van der Waals surface area contributed by atoms with E-state index in [2.05, 4.69) is 67.8 Å². The SMILES string of the molecule is CCCCC#CC(c1ccccc1)N(CC)CC. The molecule has 0 spiro atoms. The van der Waals surface area contributed by atoms with E-state index in [1.165, 1.54) is 18.4 Å². The van der Waals surface area contributed by atoms with Gasteiger partial charge in [-0.2, -0.15) is 0 Å². The normalized spacial score (nSPS) is 12.0. The van der Waals surface area contributed by atoms with Crippen LogP contribution in [0, 0.1) is 11.8 Å². The molecule has 0 N–H and O–H groups in total. The van der Waals surface area contributed by atoms with Crippen LogP contribution in [0.5, 0.6) is 0 Å². The Hall–Kier alpha value is -1.26. The summed E-state index contributed by atoms with van der Waals surface area (Å²) in [5.41, 5.74) is 1.31. The Bertz CT molecular complexity index is 368. The monoisotopic (exact) mass is 243 g/mol. The zero-order chi connectivity index (χ0) is 13.2. The van der Waals surface area contributed by atoms with E-state index in [9.17, 15) is 0 Å². The average Bonchev–Trinajstić information content (AvgIpc) is 2.43. The molecule has 1 aromatic rings. The molecule has 1 nitrogen and oxygen atoms in total. The van der Waals surface area contributed by atoms with E-state index in [1.54, 1.807) is 0 Å². The first kappa shape index (κ1) is 14.8. The lowest BCUT2D eigenvalue weighted by molar-refractivity contribution is 0.264. The number of nitrogens with zero attached hydrogens (tertiary/aromatic N) is 1. The van der Waals surface area contributed by atoms with Crippen LogP contribution in [0.25, 0.3) is 0 Å². The van der Waals surface area contributed by atoms with Crippen molar-refractivity contribution in [3.63, 3.8) is 0 Å². The van der Waals surface area contributed by atoms with Crippen molar-refractivity contribution in [2.45, 2.75) is 46.1 Å². The van der Waals surface area contributed by atoms with Gasteiger partial charge in [0.05, 0.1) is 6.04 Å². The van der Waals surface area contributed by atoms with E-state index in [1.807, 2.05) is 0 Å². The minimum atomic E-state index is 0.248. The van der Waals surface area contributed by atoms with Crippen molar-refractivity contribution >= 4 is 0 Å². The van der Waals surface area contributed by atoms with Crippen LogP contribution in [0.3, 0.4) is 0 Å². The summed E-state index contributed by atoms with van der Waals surface area (Å²) in [4.78, 5) is 2.41. The van der Waals surface area contributed by atoms with Gasteiger partial charge in [0.15, 0.2) is 0 Å². The number of rotatable bonds is 6. The fourth-order valence-electron chi connectivity index (χ4n) is 2.04. The predicted molar refractivity (Wildman–Crippen MR) is 79.4 cm³/mol. The van der Waals surface area contributed by atoms with Crippen molar-refractivity contribution in [3.8, 4) is 11.8 Å². The molecule has 0 aliphatic carbocycles. The molecule has 0 amide bonds. The second-order valence-electron chi connectivity index (χ2n) is 4.46. The molecular weight excluding hydrogens is 218 g/mol. The number of hydrogen-bond acceptors (Lipinski definition) is 1. The fourth-order valence-corrected chi connectivity index (χ4v) is 2.04. The highest BCUT2D eigenvalue weighted by Crippen LogP contribution is 2.19. The van der Waals surface area contributed by atoms with Crippen LogP contribution < -0.4 is 0 Å². The molecule has 1 atom stereocenters. The predicted octanol–water partition coefficient (Wildman–Crippen LogP) is 4.26. The van der Waals surface area contributed by atoms with Gasteiger partial charge < -0.3 is 0 Å². The molecule has 1 heteroatoms. The van der Waals surface area contributed by atoms with Gasteiger partial charge in [-0.1, -0.05) is 63.4 Å². The third-order valence-electron chi connectivity index (χ3n) is 3.19. The highest BCUT2D eigenvalue weighted by Gasteiger charge is 2.14. The molecule has 0 saturated carbocycles. The van der Waals surface area contributed by atoms with Crippen molar-refractivity contribution in [2.24, 2.45) is 0 Å². The Balaban J connectivity index is 2.84. The van der Waals surface area contributed by atoms with Crippen molar-refractivity contribution in [1.29, 1.82) is 0 Å². The van der Waals surface area contributed by atoms with Crippen LogP contribution in [0.1, 0.15) is 51.6 Å². The third-order valence-corrected chi connectivity index (χ3v) is 3.19. The van der Waals surface area contributed by atoms with Gasteiger partial charge >= 0.3 is 0 Å². The smallest absolute Gasteiger partial charge is 0.0970 e. The summed E-state index contributed by atoms with van der Waals surface area (Å²) in [5.74, 6) is 6.79. The van der Waals surface area contributed by atoms with Gasteiger partial charge in [-0.15, -0.1) is 5.92 Å². The first-order valence-electron chi connectivity index (χ1n) is 7.10. The molecule has 0 bridgehead atoms. The van der Waals surface area contributed by atoms with E-state index >= 15 is 0 Å². The van der Waals surface area contributed by atoms with Gasteiger partial charge in [-0.25, -0.2) is 0 Å². The lowest BCUT2D eigenvalue weighted by Crippen LogP contribution is -2.27. The first-order chi connectivity index (χ1) is 8.83. The number of hydrogen-bond donors (Lipinski definition) is 0. The average molecular weight is 243 g/mol. The molecule has 0 radical (unpaired) electrons. The zero-order valence-corrected chi connectivity index (χ0v) is 11.9. The summed E-state index contributed by atoms with van der Waals surface area (Å²) in [6.07, 6.45) is 3.43. The van der Waals surface area contributed by atoms with Crippen molar-refractivity contribution < 1.29 is 0 Å². The second kappa shape index (κ2) is 8.78. The van der Waals surface area contributed by atoms with Crippen molar-refractivity contribution in [1.82, 2.24) is 4.90 Å². The van der Waals surface area contributed by atoms with Gasteiger partial charge in [0.1, 0.15) is 0 Å². The Kier molecular flexibility index (Phi) is 7.22. The molecule has 0 aromatic heterocycles. The zero-order valence-electron chi connectivity index (χ0n) is 11.9. The molecule has 1 unspecified atom stereocenters. The minimum Gasteiger partial charge on any atom is -0.287 e. The lowest BCUT2D eigenvalue weighted by atomic mass is 10.1. The maximum absolute atomic E-state index is 3.45. The highest BCUT2D eigenvalue weighted by molar-refractivity contribution is 5.27. The van der Waals surface area contributed by atoms with Crippen LogP contribution in [0.2, 0.25) is 0 Å². The van der Waals surface area contributed by atoms with Crippen molar-refractivity contribution in [2.75, 3.05) is 13.1 Å². The molecule has 0 saturated heterocycles. The molecule has 1 aromatic carbocycles. The van der Waals surface area contributed by atoms with Gasteiger partial charge in [0, 0.05) is 6.42 Å². The molecule has 1 rings (SSSR count). The summed E-state index contributed by atoms with van der Waals surface area (Å²) < 4.78 is 0. The highest BCUT2D eigenvalue weighted by atomic mass is 15.1. The largest absolute Gasteiger partial charge is 0.287 e. The summed E-state index contributed by atoms with van der Waals surface area (Å²) in [5, 5.41) is 0. The summed E-state index contributed by atoms with van der Waals surface area (Å²) in [6.45, 7) is 8.69. The molecule has 18 heavy (non-hydrogen) atoms. The van der Waals surface area contributed by atoms with Gasteiger partial charge in [-0.3, -0.25) is 4.90 Å². The maximum atomic E-state index is 3.45. The lowest BCUT2D eigenvalue weighted by Gasteiger charge is -2.25.